The summed E-state index contributed by atoms with van der Waals surface area (Å²) in [5.74, 6) is -0.528. The number of aryl methyl sites for hydroxylation is 3. The average Bonchev–Trinajstić information content (AvgIpc) is 3.22. The number of anilines is 1. The van der Waals surface area contributed by atoms with Gasteiger partial charge in [0.2, 0.25) is 0 Å². The van der Waals surface area contributed by atoms with Gasteiger partial charge in [0.1, 0.15) is 5.75 Å². The average molecular weight is 367 g/mol. The summed E-state index contributed by atoms with van der Waals surface area (Å²) in [5.41, 5.74) is 5.03. The molecule has 2 aromatic rings. The number of nitrogens with zero attached hydrogens (tertiary/aromatic N) is 1. The second-order valence-electron chi connectivity index (χ2n) is 7.21. The van der Waals surface area contributed by atoms with E-state index in [1.54, 1.807) is 0 Å². The Bertz CT molecular complexity index is 871. The summed E-state index contributed by atoms with van der Waals surface area (Å²) in [4.78, 5) is 15.0. The summed E-state index contributed by atoms with van der Waals surface area (Å²) in [7, 11) is 0. The third kappa shape index (κ3) is 3.01. The Morgan fingerprint density at radius 3 is 2.56 bits per heavy atom. The van der Waals surface area contributed by atoms with E-state index in [-0.39, 0.29) is 5.91 Å². The van der Waals surface area contributed by atoms with Gasteiger partial charge in [0.05, 0.1) is 25.5 Å². The third-order valence-electron chi connectivity index (χ3n) is 5.19. The number of fused-ring (bicyclic) bond motifs is 2. The lowest BCUT2D eigenvalue weighted by molar-refractivity contribution is -0.180. The molecule has 0 aromatic heterocycles. The highest BCUT2D eigenvalue weighted by molar-refractivity contribution is 6.07. The zero-order valence-electron chi connectivity index (χ0n) is 16.1. The lowest BCUT2D eigenvalue weighted by Gasteiger charge is -2.22. The topological polar surface area (TPSA) is 48.0 Å². The second kappa shape index (κ2) is 6.98. The van der Waals surface area contributed by atoms with Gasteiger partial charge in [-0.1, -0.05) is 24.3 Å². The van der Waals surface area contributed by atoms with Crippen LogP contribution in [0.1, 0.15) is 28.7 Å². The van der Waals surface area contributed by atoms with Gasteiger partial charge in [0.15, 0.2) is 0 Å². The highest BCUT2D eigenvalue weighted by atomic mass is 16.7. The number of ether oxygens (including phenoxy) is 3. The van der Waals surface area contributed by atoms with Crippen molar-refractivity contribution in [3.8, 4) is 5.75 Å². The van der Waals surface area contributed by atoms with E-state index in [2.05, 4.69) is 0 Å². The van der Waals surface area contributed by atoms with E-state index >= 15 is 0 Å². The summed E-state index contributed by atoms with van der Waals surface area (Å²) in [6.07, 6.45) is 0.725. The molecule has 1 spiro atoms. The minimum Gasteiger partial charge on any atom is -0.494 e. The molecular weight excluding hydrogens is 342 g/mol. The molecule has 27 heavy (non-hydrogen) atoms. The van der Waals surface area contributed by atoms with Gasteiger partial charge in [-0.15, -0.1) is 0 Å². The monoisotopic (exact) mass is 367 g/mol. The summed E-state index contributed by atoms with van der Waals surface area (Å²) in [6.45, 7) is 8.04. The van der Waals surface area contributed by atoms with Crippen molar-refractivity contribution in [2.45, 2.75) is 33.0 Å². The van der Waals surface area contributed by atoms with E-state index in [9.17, 15) is 4.79 Å². The fourth-order valence-corrected chi connectivity index (χ4v) is 3.96. The first-order valence-electron chi connectivity index (χ1n) is 9.43. The second-order valence-corrected chi connectivity index (χ2v) is 7.21. The van der Waals surface area contributed by atoms with E-state index in [1.807, 2.05) is 62.1 Å². The van der Waals surface area contributed by atoms with Gasteiger partial charge in [-0.05, 0) is 56.0 Å². The molecule has 0 aliphatic carbocycles. The van der Waals surface area contributed by atoms with Crippen LogP contribution >= 0.6 is 0 Å². The molecule has 1 fully saturated rings. The predicted molar refractivity (Wildman–Crippen MR) is 103 cm³/mol. The molecule has 0 N–H and O–H groups in total. The molecular formula is C22H25NO4. The first-order chi connectivity index (χ1) is 13.0. The minimum atomic E-state index is -1.26. The first kappa shape index (κ1) is 18.0. The molecule has 0 saturated carbocycles. The van der Waals surface area contributed by atoms with Gasteiger partial charge >= 0.3 is 0 Å². The van der Waals surface area contributed by atoms with Crippen molar-refractivity contribution in [2.75, 3.05) is 31.3 Å². The molecule has 4 rings (SSSR count). The number of carbonyl (C=O) groups is 1. The van der Waals surface area contributed by atoms with Crippen LogP contribution < -0.4 is 9.64 Å². The van der Waals surface area contributed by atoms with Crippen LogP contribution in [0.5, 0.6) is 5.75 Å². The van der Waals surface area contributed by atoms with E-state index in [0.29, 0.717) is 26.4 Å². The highest BCUT2D eigenvalue weighted by Crippen LogP contribution is 2.48. The zero-order valence-corrected chi connectivity index (χ0v) is 16.1. The van der Waals surface area contributed by atoms with Gasteiger partial charge < -0.3 is 19.1 Å². The highest BCUT2D eigenvalue weighted by Gasteiger charge is 2.57. The maximum atomic E-state index is 13.2. The maximum absolute atomic E-state index is 13.2. The van der Waals surface area contributed by atoms with Gasteiger partial charge in [-0.3, -0.25) is 4.79 Å². The quantitative estimate of drug-likeness (QED) is 0.757. The Morgan fingerprint density at radius 1 is 1.07 bits per heavy atom. The molecule has 5 heteroatoms. The number of amides is 1. The smallest absolute Gasteiger partial charge is 0.292 e. The Labute approximate surface area is 159 Å². The van der Waals surface area contributed by atoms with Crippen molar-refractivity contribution in [2.24, 2.45) is 0 Å². The number of hydrogen-bond acceptors (Lipinski definition) is 4. The minimum absolute atomic E-state index is 0.122. The van der Waals surface area contributed by atoms with Crippen LogP contribution in [0, 0.1) is 20.8 Å². The van der Waals surface area contributed by atoms with Crippen LogP contribution in [0.4, 0.5) is 5.69 Å². The molecule has 5 nitrogen and oxygen atoms in total. The molecule has 0 bridgehead atoms. The van der Waals surface area contributed by atoms with E-state index < -0.39 is 5.79 Å². The van der Waals surface area contributed by atoms with E-state index in [4.69, 9.17) is 14.2 Å². The number of benzene rings is 2. The zero-order chi connectivity index (χ0) is 19.0. The van der Waals surface area contributed by atoms with Gasteiger partial charge in [-0.25, -0.2) is 0 Å². The van der Waals surface area contributed by atoms with Crippen molar-refractivity contribution in [1.29, 1.82) is 0 Å². The molecule has 142 valence electrons. The Balaban J connectivity index is 1.52. The van der Waals surface area contributed by atoms with Crippen molar-refractivity contribution in [1.82, 2.24) is 0 Å². The molecule has 0 unspecified atom stereocenters. The molecule has 0 radical (unpaired) electrons. The van der Waals surface area contributed by atoms with Gasteiger partial charge in [0.25, 0.3) is 11.7 Å². The normalized spacial score (nSPS) is 17.6. The Kier molecular flexibility index (Phi) is 4.66. The molecule has 2 aliphatic rings. The third-order valence-corrected chi connectivity index (χ3v) is 5.19. The van der Waals surface area contributed by atoms with Crippen LogP contribution in [-0.4, -0.2) is 32.3 Å². The first-order valence-corrected chi connectivity index (χ1v) is 9.43. The Hall–Kier alpha value is -2.37. The number of hydrogen-bond donors (Lipinski definition) is 0. The SMILES string of the molecule is Cc1cccc(OCCCN2C(=O)C3(OCCO3)c3c(C)ccc(C)c32)c1. The summed E-state index contributed by atoms with van der Waals surface area (Å²) in [6, 6.07) is 12.1. The standard InChI is InChI=1S/C22H25NO4/c1-15-6-4-7-18(14-15)25-11-5-10-23-20-17(3)9-8-16(2)19(20)22(21(23)24)26-12-13-27-22/h4,6-9,14H,5,10-13H2,1-3H3. The molecule has 1 amide bonds. The van der Waals surface area contributed by atoms with Crippen LogP contribution in [0.2, 0.25) is 0 Å². The van der Waals surface area contributed by atoms with Crippen LogP contribution in [0.25, 0.3) is 0 Å². The van der Waals surface area contributed by atoms with Crippen molar-refractivity contribution in [3.05, 3.63) is 58.7 Å². The molecule has 2 heterocycles. The number of carbonyl (C=O) groups excluding carboxylic acids is 1. The summed E-state index contributed by atoms with van der Waals surface area (Å²) >= 11 is 0. The lowest BCUT2D eigenvalue weighted by Crippen LogP contribution is -2.42. The summed E-state index contributed by atoms with van der Waals surface area (Å²) in [5, 5.41) is 0. The largest absolute Gasteiger partial charge is 0.494 e. The van der Waals surface area contributed by atoms with Crippen molar-refractivity contribution >= 4 is 11.6 Å². The molecule has 0 atom stereocenters. The fraction of sp³-hybridized carbons (Fsp3) is 0.409. The lowest BCUT2D eigenvalue weighted by atomic mass is 9.98. The van der Waals surface area contributed by atoms with Crippen LogP contribution in [0.3, 0.4) is 0 Å². The van der Waals surface area contributed by atoms with Gasteiger partial charge in [0, 0.05) is 12.1 Å². The molecule has 2 aliphatic heterocycles. The fourth-order valence-electron chi connectivity index (χ4n) is 3.96. The van der Waals surface area contributed by atoms with Crippen molar-refractivity contribution < 1.29 is 19.0 Å². The molecule has 1 saturated heterocycles. The van der Waals surface area contributed by atoms with Crippen LogP contribution in [0.15, 0.2) is 36.4 Å². The van der Waals surface area contributed by atoms with E-state index in [0.717, 1.165) is 34.5 Å². The van der Waals surface area contributed by atoms with E-state index in [1.165, 1.54) is 5.56 Å². The Morgan fingerprint density at radius 2 is 1.81 bits per heavy atom. The molecule has 2 aromatic carbocycles. The van der Waals surface area contributed by atoms with Crippen LogP contribution in [-0.2, 0) is 20.1 Å². The maximum Gasteiger partial charge on any atom is 0.292 e. The predicted octanol–water partition coefficient (Wildman–Crippen LogP) is 3.63. The summed E-state index contributed by atoms with van der Waals surface area (Å²) < 4.78 is 17.5. The van der Waals surface area contributed by atoms with Gasteiger partial charge in [-0.2, -0.15) is 0 Å². The van der Waals surface area contributed by atoms with Crippen molar-refractivity contribution in [3.63, 3.8) is 0 Å². The number of rotatable bonds is 5.